The van der Waals surface area contributed by atoms with Crippen molar-refractivity contribution in [1.29, 1.82) is 0 Å². The van der Waals surface area contributed by atoms with Crippen molar-refractivity contribution in [2.45, 2.75) is 39.5 Å². The van der Waals surface area contributed by atoms with Gasteiger partial charge in [-0.2, -0.15) is 0 Å². The van der Waals surface area contributed by atoms with E-state index in [1.165, 1.54) is 0 Å². The topological polar surface area (TPSA) is 111 Å². The molecule has 2 N–H and O–H groups in total. The first-order valence-electron chi connectivity index (χ1n) is 8.92. The number of aryl methyl sites for hydroxylation is 1. The van der Waals surface area contributed by atoms with Crippen molar-refractivity contribution in [2.75, 3.05) is 18.5 Å². The van der Waals surface area contributed by atoms with Gasteiger partial charge in [-0.05, 0) is 30.0 Å². The number of hydrogen-bond acceptors (Lipinski definition) is 6. The van der Waals surface area contributed by atoms with E-state index in [1.807, 2.05) is 12.1 Å². The molecule has 0 saturated carbocycles. The van der Waals surface area contributed by atoms with Crippen molar-refractivity contribution in [2.24, 2.45) is 0 Å². The van der Waals surface area contributed by atoms with E-state index >= 15 is 0 Å². The van der Waals surface area contributed by atoms with Crippen LogP contribution in [-0.2, 0) is 19.7 Å². The summed E-state index contributed by atoms with van der Waals surface area (Å²) in [7, 11) is 0. The lowest BCUT2D eigenvalue weighted by molar-refractivity contribution is -0.147. The molecule has 0 atom stereocenters. The molecular weight excluding hydrogens is 362 g/mol. The molecule has 28 heavy (non-hydrogen) atoms. The van der Waals surface area contributed by atoms with Gasteiger partial charge in [0.25, 0.3) is 11.8 Å². The van der Waals surface area contributed by atoms with Crippen LogP contribution in [0.1, 0.15) is 48.9 Å². The molecule has 0 radical (unpaired) electrons. The third kappa shape index (κ3) is 6.53. The van der Waals surface area contributed by atoms with E-state index in [1.54, 1.807) is 25.1 Å². The molecule has 2 rings (SSSR count). The molecule has 8 nitrogen and oxygen atoms in total. The molecule has 0 aliphatic carbocycles. The van der Waals surface area contributed by atoms with Crippen LogP contribution in [0.5, 0.6) is 0 Å². The highest BCUT2D eigenvalue weighted by Crippen LogP contribution is 2.22. The van der Waals surface area contributed by atoms with Crippen LogP contribution < -0.4 is 10.6 Å². The maximum atomic E-state index is 12.1. The first kappa shape index (κ1) is 21.1. The van der Waals surface area contributed by atoms with Crippen LogP contribution in [0.15, 0.2) is 34.9 Å². The van der Waals surface area contributed by atoms with E-state index < -0.39 is 18.5 Å². The van der Waals surface area contributed by atoms with E-state index in [9.17, 15) is 14.4 Å². The standard InChI is InChI=1S/C20H25N3O5/c1-13-11-16(23-28-13)22-17(24)12-27-18(25)9-10-21-19(26)14-5-7-15(8-6-14)20(2,3)4/h5-8,11H,9-10,12H2,1-4H3,(H,21,26)(H,22,23,24). The van der Waals surface area contributed by atoms with Crippen molar-refractivity contribution < 1.29 is 23.6 Å². The number of benzene rings is 1. The van der Waals surface area contributed by atoms with Crippen LogP contribution in [0.25, 0.3) is 0 Å². The lowest BCUT2D eigenvalue weighted by Gasteiger charge is -2.19. The Balaban J connectivity index is 1.68. The molecule has 1 heterocycles. The van der Waals surface area contributed by atoms with Gasteiger partial charge in [0.05, 0.1) is 6.42 Å². The summed E-state index contributed by atoms with van der Waals surface area (Å²) in [5.41, 5.74) is 1.66. The quantitative estimate of drug-likeness (QED) is 0.707. The Morgan fingerprint density at radius 2 is 1.82 bits per heavy atom. The van der Waals surface area contributed by atoms with Crippen LogP contribution >= 0.6 is 0 Å². The second-order valence-corrected chi connectivity index (χ2v) is 7.36. The fourth-order valence-electron chi connectivity index (χ4n) is 2.32. The van der Waals surface area contributed by atoms with E-state index in [2.05, 4.69) is 36.6 Å². The van der Waals surface area contributed by atoms with E-state index in [4.69, 9.17) is 9.26 Å². The number of nitrogens with one attached hydrogen (secondary N) is 2. The van der Waals surface area contributed by atoms with Gasteiger partial charge in [0.2, 0.25) is 0 Å². The summed E-state index contributed by atoms with van der Waals surface area (Å²) in [6.45, 7) is 7.66. The molecule has 8 heteroatoms. The van der Waals surface area contributed by atoms with Crippen molar-refractivity contribution in [3.8, 4) is 0 Å². The molecular formula is C20H25N3O5. The van der Waals surface area contributed by atoms with Gasteiger partial charge in [0.1, 0.15) is 5.76 Å². The Morgan fingerprint density at radius 1 is 1.14 bits per heavy atom. The summed E-state index contributed by atoms with van der Waals surface area (Å²) < 4.78 is 9.68. The van der Waals surface area contributed by atoms with Crippen LogP contribution in [-0.4, -0.2) is 36.1 Å². The summed E-state index contributed by atoms with van der Waals surface area (Å²) in [5, 5.41) is 8.70. The van der Waals surface area contributed by atoms with Crippen LogP contribution in [0.2, 0.25) is 0 Å². The van der Waals surface area contributed by atoms with Gasteiger partial charge >= 0.3 is 5.97 Å². The average Bonchev–Trinajstić information content (AvgIpc) is 3.04. The van der Waals surface area contributed by atoms with E-state index in [-0.39, 0.29) is 30.1 Å². The average molecular weight is 387 g/mol. The minimum atomic E-state index is -0.588. The molecule has 0 aliphatic heterocycles. The van der Waals surface area contributed by atoms with Crippen molar-refractivity contribution in [3.63, 3.8) is 0 Å². The molecule has 1 aromatic carbocycles. The third-order valence-corrected chi connectivity index (χ3v) is 3.89. The van der Waals surface area contributed by atoms with Gasteiger partial charge in [-0.15, -0.1) is 0 Å². The predicted octanol–water partition coefficient (Wildman–Crippen LogP) is 2.58. The molecule has 0 aliphatic rings. The fraction of sp³-hybridized carbons (Fsp3) is 0.400. The number of esters is 1. The normalized spacial score (nSPS) is 11.0. The monoisotopic (exact) mass is 387 g/mol. The molecule has 0 spiro atoms. The van der Waals surface area contributed by atoms with Gasteiger partial charge < -0.3 is 19.9 Å². The Hall–Kier alpha value is -3.16. The molecule has 1 aromatic heterocycles. The van der Waals surface area contributed by atoms with Gasteiger partial charge in [0, 0.05) is 18.2 Å². The first-order valence-corrected chi connectivity index (χ1v) is 8.92. The summed E-state index contributed by atoms with van der Waals surface area (Å²) in [6, 6.07) is 8.88. The number of anilines is 1. The lowest BCUT2D eigenvalue weighted by atomic mass is 9.87. The largest absolute Gasteiger partial charge is 0.456 e. The number of amides is 2. The number of rotatable bonds is 7. The highest BCUT2D eigenvalue weighted by molar-refractivity contribution is 5.94. The van der Waals surface area contributed by atoms with Crippen LogP contribution in [0.4, 0.5) is 5.82 Å². The first-order chi connectivity index (χ1) is 13.1. The highest BCUT2D eigenvalue weighted by Gasteiger charge is 2.15. The van der Waals surface area contributed by atoms with Gasteiger partial charge in [-0.25, -0.2) is 0 Å². The summed E-state index contributed by atoms with van der Waals surface area (Å²) in [4.78, 5) is 35.5. The van der Waals surface area contributed by atoms with Gasteiger partial charge in [0.15, 0.2) is 12.4 Å². The van der Waals surface area contributed by atoms with Crippen molar-refractivity contribution in [1.82, 2.24) is 10.5 Å². The van der Waals surface area contributed by atoms with E-state index in [0.717, 1.165) is 5.56 Å². The SMILES string of the molecule is Cc1cc(NC(=O)COC(=O)CCNC(=O)c2ccc(C(C)(C)C)cc2)no1. The summed E-state index contributed by atoms with van der Waals surface area (Å²) in [5.74, 6) is -0.578. The Bertz CT molecular complexity index is 834. The minimum absolute atomic E-state index is 0.0115. The second-order valence-electron chi connectivity index (χ2n) is 7.36. The Labute approximate surface area is 163 Å². The molecule has 2 aromatic rings. The maximum absolute atomic E-state index is 12.1. The summed E-state index contributed by atoms with van der Waals surface area (Å²) in [6.07, 6.45) is -0.0395. The highest BCUT2D eigenvalue weighted by atomic mass is 16.5. The predicted molar refractivity (Wildman–Crippen MR) is 103 cm³/mol. The minimum Gasteiger partial charge on any atom is -0.456 e. The summed E-state index contributed by atoms with van der Waals surface area (Å²) >= 11 is 0. The molecule has 150 valence electrons. The fourth-order valence-corrected chi connectivity index (χ4v) is 2.32. The number of nitrogens with zero attached hydrogens (tertiary/aromatic N) is 1. The van der Waals surface area contributed by atoms with Gasteiger partial charge in [-0.3, -0.25) is 14.4 Å². The number of carbonyl (C=O) groups excluding carboxylic acids is 3. The lowest BCUT2D eigenvalue weighted by Crippen LogP contribution is -2.27. The molecule has 0 fully saturated rings. The third-order valence-electron chi connectivity index (χ3n) is 3.89. The van der Waals surface area contributed by atoms with Gasteiger partial charge in [-0.1, -0.05) is 38.1 Å². The van der Waals surface area contributed by atoms with Crippen LogP contribution in [0, 0.1) is 6.92 Å². The molecule has 2 amide bonds. The molecule has 0 saturated heterocycles. The molecule has 0 unspecified atom stereocenters. The number of aromatic nitrogens is 1. The van der Waals surface area contributed by atoms with Crippen molar-refractivity contribution >= 4 is 23.6 Å². The zero-order valence-corrected chi connectivity index (χ0v) is 16.5. The number of ether oxygens (including phenoxy) is 1. The Kier molecular flexibility index (Phi) is 6.92. The number of hydrogen-bond donors (Lipinski definition) is 2. The van der Waals surface area contributed by atoms with Crippen LogP contribution in [0.3, 0.4) is 0 Å². The Morgan fingerprint density at radius 3 is 2.39 bits per heavy atom. The second kappa shape index (κ2) is 9.16. The zero-order chi connectivity index (χ0) is 20.7. The van der Waals surface area contributed by atoms with Crippen molar-refractivity contribution in [3.05, 3.63) is 47.2 Å². The maximum Gasteiger partial charge on any atom is 0.308 e. The number of carbonyl (C=O) groups is 3. The van der Waals surface area contributed by atoms with E-state index in [0.29, 0.717) is 11.3 Å². The zero-order valence-electron chi connectivity index (χ0n) is 16.5. The smallest absolute Gasteiger partial charge is 0.308 e. The molecule has 0 bridgehead atoms.